The van der Waals surface area contributed by atoms with Crippen LogP contribution in [0.4, 0.5) is 5.82 Å². The number of pyridine rings is 1. The van der Waals surface area contributed by atoms with Crippen LogP contribution in [0.1, 0.15) is 43.4 Å². The number of hydrogen-bond donors (Lipinski definition) is 0. The van der Waals surface area contributed by atoms with Gasteiger partial charge < -0.3 is 9.64 Å². The van der Waals surface area contributed by atoms with E-state index in [1.807, 2.05) is 18.3 Å². The van der Waals surface area contributed by atoms with Crippen LogP contribution in [-0.2, 0) is 18.5 Å². The third-order valence-corrected chi connectivity index (χ3v) is 4.86. The maximum atomic E-state index is 5.35. The van der Waals surface area contributed by atoms with E-state index in [4.69, 9.17) is 14.7 Å². The fourth-order valence-corrected chi connectivity index (χ4v) is 3.33. The molecule has 134 valence electrons. The lowest BCUT2D eigenvalue weighted by Gasteiger charge is -2.18. The number of ether oxygens (including phenoxy) is 1. The first-order valence-corrected chi connectivity index (χ1v) is 8.91. The van der Waals surface area contributed by atoms with Gasteiger partial charge in [-0.2, -0.15) is 0 Å². The predicted octanol–water partition coefficient (Wildman–Crippen LogP) is 4.16. The van der Waals surface area contributed by atoms with Gasteiger partial charge in [0.1, 0.15) is 17.4 Å². The molecule has 0 aliphatic carbocycles. The lowest BCUT2D eigenvalue weighted by Crippen LogP contribution is -2.17. The summed E-state index contributed by atoms with van der Waals surface area (Å²) >= 11 is 0. The Hall–Kier alpha value is -2.69. The Kier molecular flexibility index (Phi) is 3.83. The van der Waals surface area contributed by atoms with Gasteiger partial charge in [-0.05, 0) is 30.7 Å². The molecule has 0 amide bonds. The monoisotopic (exact) mass is 348 g/mol. The number of nitrogens with zero attached hydrogens (tertiary/aromatic N) is 4. The van der Waals surface area contributed by atoms with E-state index in [0.29, 0.717) is 0 Å². The first-order chi connectivity index (χ1) is 12.3. The Morgan fingerprint density at radius 3 is 2.62 bits per heavy atom. The lowest BCUT2D eigenvalue weighted by molar-refractivity contribution is 0.415. The zero-order chi connectivity index (χ0) is 18.5. The predicted molar refractivity (Wildman–Crippen MR) is 104 cm³/mol. The third-order valence-electron chi connectivity index (χ3n) is 4.86. The molecule has 5 heteroatoms. The topological polar surface area (TPSA) is 51.1 Å². The average molecular weight is 348 g/mol. The molecule has 5 nitrogen and oxygen atoms in total. The molecule has 0 radical (unpaired) electrons. The lowest BCUT2D eigenvalue weighted by atomic mass is 9.95. The van der Waals surface area contributed by atoms with Gasteiger partial charge in [-0.3, -0.25) is 0 Å². The maximum Gasteiger partial charge on any atom is 0.133 e. The van der Waals surface area contributed by atoms with Crippen molar-refractivity contribution in [3.8, 4) is 5.75 Å². The number of rotatable bonds is 2. The molecule has 0 bridgehead atoms. The summed E-state index contributed by atoms with van der Waals surface area (Å²) in [6, 6.07) is 8.19. The smallest absolute Gasteiger partial charge is 0.133 e. The van der Waals surface area contributed by atoms with Gasteiger partial charge in [-0.25, -0.2) is 15.0 Å². The summed E-state index contributed by atoms with van der Waals surface area (Å²) in [6.07, 6.45) is 1.97. The zero-order valence-electron chi connectivity index (χ0n) is 16.0. The number of benzene rings is 1. The minimum Gasteiger partial charge on any atom is -0.497 e. The quantitative estimate of drug-likeness (QED) is 0.696. The van der Waals surface area contributed by atoms with Gasteiger partial charge in [-0.15, -0.1) is 0 Å². The van der Waals surface area contributed by atoms with Crippen LogP contribution in [0, 0.1) is 6.92 Å². The number of aromatic nitrogens is 3. The van der Waals surface area contributed by atoms with Crippen molar-refractivity contribution in [2.45, 2.75) is 46.2 Å². The summed E-state index contributed by atoms with van der Waals surface area (Å²) in [7, 11) is 1.68. The molecular weight excluding hydrogens is 324 g/mol. The average Bonchev–Trinajstić information content (AvgIpc) is 3.03. The molecule has 0 atom stereocenters. The van der Waals surface area contributed by atoms with E-state index in [9.17, 15) is 0 Å². The molecule has 0 saturated heterocycles. The molecule has 0 spiro atoms. The molecule has 3 heterocycles. The van der Waals surface area contributed by atoms with Crippen molar-refractivity contribution in [1.82, 2.24) is 15.0 Å². The van der Waals surface area contributed by atoms with Crippen LogP contribution in [0.2, 0.25) is 0 Å². The van der Waals surface area contributed by atoms with Crippen molar-refractivity contribution in [3.05, 3.63) is 53.1 Å². The van der Waals surface area contributed by atoms with E-state index >= 15 is 0 Å². The molecule has 1 aromatic carbocycles. The van der Waals surface area contributed by atoms with Crippen LogP contribution in [0.5, 0.6) is 5.75 Å². The van der Waals surface area contributed by atoms with Crippen molar-refractivity contribution in [2.75, 3.05) is 12.0 Å². The molecule has 1 aliphatic rings. The molecule has 0 fully saturated rings. The van der Waals surface area contributed by atoms with E-state index in [1.165, 1.54) is 11.1 Å². The molecule has 0 unspecified atom stereocenters. The van der Waals surface area contributed by atoms with Gasteiger partial charge in [-0.1, -0.05) is 20.8 Å². The molecule has 2 aromatic heterocycles. The Morgan fingerprint density at radius 2 is 1.88 bits per heavy atom. The summed E-state index contributed by atoms with van der Waals surface area (Å²) in [4.78, 5) is 16.5. The maximum absolute atomic E-state index is 5.35. The molecule has 26 heavy (non-hydrogen) atoms. The first kappa shape index (κ1) is 16.8. The van der Waals surface area contributed by atoms with Crippen LogP contribution in [0.25, 0.3) is 10.9 Å². The number of hydrogen-bond acceptors (Lipinski definition) is 5. The number of methoxy groups -OCH3 is 1. The van der Waals surface area contributed by atoms with E-state index in [0.717, 1.165) is 47.1 Å². The molecule has 3 aromatic rings. The van der Waals surface area contributed by atoms with Gasteiger partial charge in [0, 0.05) is 35.2 Å². The fourth-order valence-electron chi connectivity index (χ4n) is 3.33. The van der Waals surface area contributed by atoms with Crippen molar-refractivity contribution in [2.24, 2.45) is 0 Å². The SMILES string of the molecule is COc1ccc2c(C)cc(N3Cc4cnc(C(C)(C)C)nc4C3)nc2c1. The number of fused-ring (bicyclic) bond motifs is 2. The zero-order valence-corrected chi connectivity index (χ0v) is 16.0. The highest BCUT2D eigenvalue weighted by Crippen LogP contribution is 2.31. The molecule has 4 rings (SSSR count). The first-order valence-electron chi connectivity index (χ1n) is 8.91. The summed E-state index contributed by atoms with van der Waals surface area (Å²) in [5.74, 6) is 2.69. The van der Waals surface area contributed by atoms with Crippen molar-refractivity contribution in [1.29, 1.82) is 0 Å². The Morgan fingerprint density at radius 1 is 1.08 bits per heavy atom. The second kappa shape index (κ2) is 5.94. The Bertz CT molecular complexity index is 991. The number of aryl methyl sites for hydroxylation is 1. The van der Waals surface area contributed by atoms with Gasteiger partial charge in [0.15, 0.2) is 0 Å². The van der Waals surface area contributed by atoms with Crippen LogP contribution in [0.15, 0.2) is 30.5 Å². The summed E-state index contributed by atoms with van der Waals surface area (Å²) < 4.78 is 5.35. The van der Waals surface area contributed by atoms with Crippen molar-refractivity contribution < 1.29 is 4.74 Å². The molecular formula is C21H24N4O. The Labute approximate surface area is 154 Å². The van der Waals surface area contributed by atoms with Crippen LogP contribution in [-0.4, -0.2) is 22.1 Å². The summed E-state index contributed by atoms with van der Waals surface area (Å²) in [6.45, 7) is 10.1. The van der Waals surface area contributed by atoms with E-state index in [1.54, 1.807) is 7.11 Å². The van der Waals surface area contributed by atoms with Gasteiger partial charge >= 0.3 is 0 Å². The van der Waals surface area contributed by atoms with E-state index in [2.05, 4.69) is 49.7 Å². The summed E-state index contributed by atoms with van der Waals surface area (Å²) in [5, 5.41) is 1.15. The van der Waals surface area contributed by atoms with Crippen molar-refractivity contribution >= 4 is 16.7 Å². The number of anilines is 1. The highest BCUT2D eigenvalue weighted by Gasteiger charge is 2.26. The normalized spacial score (nSPS) is 14.0. The summed E-state index contributed by atoms with van der Waals surface area (Å²) in [5.41, 5.74) is 4.41. The fraction of sp³-hybridized carbons (Fsp3) is 0.381. The third kappa shape index (κ3) is 2.87. The Balaban J connectivity index is 1.70. The van der Waals surface area contributed by atoms with Gasteiger partial charge in [0.05, 0.1) is 24.9 Å². The van der Waals surface area contributed by atoms with Gasteiger partial charge in [0.25, 0.3) is 0 Å². The second-order valence-electron chi connectivity index (χ2n) is 7.95. The van der Waals surface area contributed by atoms with E-state index < -0.39 is 0 Å². The second-order valence-corrected chi connectivity index (χ2v) is 7.95. The molecule has 1 aliphatic heterocycles. The largest absolute Gasteiger partial charge is 0.497 e. The van der Waals surface area contributed by atoms with Gasteiger partial charge in [0.2, 0.25) is 0 Å². The molecule has 0 N–H and O–H groups in total. The van der Waals surface area contributed by atoms with E-state index in [-0.39, 0.29) is 5.41 Å². The minimum atomic E-state index is -0.0449. The highest BCUT2D eigenvalue weighted by atomic mass is 16.5. The minimum absolute atomic E-state index is 0.0449. The van der Waals surface area contributed by atoms with Crippen molar-refractivity contribution in [3.63, 3.8) is 0 Å². The molecule has 0 saturated carbocycles. The standard InChI is InChI=1S/C21H24N4O/c1-13-8-19(23-17-9-15(26-5)6-7-16(13)17)25-11-14-10-22-20(21(2,3)4)24-18(14)12-25/h6-10H,11-12H2,1-5H3. The van der Waals surface area contributed by atoms with Crippen LogP contribution in [0.3, 0.4) is 0 Å². The van der Waals surface area contributed by atoms with Crippen LogP contribution >= 0.6 is 0 Å². The van der Waals surface area contributed by atoms with Crippen LogP contribution < -0.4 is 9.64 Å². The highest BCUT2D eigenvalue weighted by molar-refractivity contribution is 5.85.